The second kappa shape index (κ2) is 16.6. The average molecular weight is 679 g/mol. The Morgan fingerprint density at radius 3 is 2.39 bits per heavy atom. The summed E-state index contributed by atoms with van der Waals surface area (Å²) in [7, 11) is 0. The van der Waals surface area contributed by atoms with E-state index in [4.69, 9.17) is 15.5 Å². The molecule has 2 heterocycles. The van der Waals surface area contributed by atoms with E-state index in [-0.39, 0.29) is 62.9 Å². The van der Waals surface area contributed by atoms with Crippen molar-refractivity contribution in [1.82, 2.24) is 24.7 Å². The van der Waals surface area contributed by atoms with E-state index >= 15 is 0 Å². The first-order chi connectivity index (χ1) is 23.3. The molecule has 11 nitrogen and oxygen atoms in total. The van der Waals surface area contributed by atoms with Crippen LogP contribution in [0.2, 0.25) is 0 Å². The van der Waals surface area contributed by atoms with Gasteiger partial charge < -0.3 is 25.3 Å². The summed E-state index contributed by atoms with van der Waals surface area (Å²) in [5.74, 6) is -2.13. The molecule has 2 aromatic carbocycles. The van der Waals surface area contributed by atoms with Crippen molar-refractivity contribution in [1.29, 1.82) is 0 Å². The summed E-state index contributed by atoms with van der Waals surface area (Å²) < 4.78 is 36.5. The van der Waals surface area contributed by atoms with E-state index in [2.05, 4.69) is 5.32 Å². The topological polar surface area (TPSA) is 140 Å². The second-order valence-electron chi connectivity index (χ2n) is 12.9. The first-order valence-corrected chi connectivity index (χ1v) is 16.3. The maximum Gasteiger partial charge on any atom is 0.253 e. The molecule has 3 N–H and O–H groups in total. The molecule has 0 bridgehead atoms. The molecule has 13 heteroatoms. The van der Waals surface area contributed by atoms with E-state index in [0.29, 0.717) is 12.4 Å². The van der Waals surface area contributed by atoms with Crippen molar-refractivity contribution in [2.45, 2.75) is 59.2 Å². The summed E-state index contributed by atoms with van der Waals surface area (Å²) in [4.78, 5) is 57.3. The number of imide groups is 1. The number of nitrogens with zero attached hydrogens (tertiary/aromatic N) is 4. The molecule has 2 unspecified atom stereocenters. The van der Waals surface area contributed by atoms with Crippen LogP contribution in [-0.2, 0) is 30.5 Å². The Hall–Kier alpha value is -4.75. The van der Waals surface area contributed by atoms with E-state index in [1.165, 1.54) is 12.2 Å². The fourth-order valence-electron chi connectivity index (χ4n) is 5.67. The van der Waals surface area contributed by atoms with Crippen LogP contribution < -0.4 is 11.1 Å². The van der Waals surface area contributed by atoms with Gasteiger partial charge in [0.05, 0.1) is 37.5 Å². The average Bonchev–Trinajstić information content (AvgIpc) is 3.62. The van der Waals surface area contributed by atoms with Gasteiger partial charge in [-0.3, -0.25) is 24.1 Å². The minimum atomic E-state index is -0.945. The SMILES string of the molecule is CCC(=O)N(CCC(N)C(=O)NCCOCCN1C(=O)C=CC1=O)C(c1nc(-c2cc(F)ccc2F)cn1Cc1ccccc1)C(C)(C)C. The lowest BCUT2D eigenvalue weighted by molar-refractivity contribution is -0.138. The highest BCUT2D eigenvalue weighted by molar-refractivity contribution is 6.12. The smallest absolute Gasteiger partial charge is 0.253 e. The first kappa shape index (κ1) is 37.1. The Kier molecular flexibility index (Phi) is 12.5. The zero-order valence-corrected chi connectivity index (χ0v) is 28.3. The van der Waals surface area contributed by atoms with E-state index < -0.39 is 46.9 Å². The molecule has 4 rings (SSSR count). The minimum absolute atomic E-state index is 0.00629. The fourth-order valence-corrected chi connectivity index (χ4v) is 5.67. The normalized spacial score (nSPS) is 14.3. The summed E-state index contributed by atoms with van der Waals surface area (Å²) in [6.45, 7) is 8.69. The third-order valence-electron chi connectivity index (χ3n) is 8.13. The van der Waals surface area contributed by atoms with Crippen molar-refractivity contribution in [3.63, 3.8) is 0 Å². The molecule has 0 radical (unpaired) electrons. The van der Waals surface area contributed by atoms with Gasteiger partial charge in [0.2, 0.25) is 11.8 Å². The molecule has 0 saturated carbocycles. The molecule has 1 aliphatic rings. The zero-order valence-electron chi connectivity index (χ0n) is 28.3. The van der Waals surface area contributed by atoms with E-state index in [1.54, 1.807) is 18.0 Å². The van der Waals surface area contributed by atoms with E-state index in [0.717, 1.165) is 28.7 Å². The predicted molar refractivity (Wildman–Crippen MR) is 180 cm³/mol. The first-order valence-electron chi connectivity index (χ1n) is 16.3. The van der Waals surface area contributed by atoms with Gasteiger partial charge in [-0.1, -0.05) is 58.0 Å². The molecule has 1 aliphatic heterocycles. The highest BCUT2D eigenvalue weighted by atomic mass is 19.1. The summed E-state index contributed by atoms with van der Waals surface area (Å²) in [5, 5.41) is 2.72. The highest BCUT2D eigenvalue weighted by Crippen LogP contribution is 2.40. The highest BCUT2D eigenvalue weighted by Gasteiger charge is 2.38. The summed E-state index contributed by atoms with van der Waals surface area (Å²) >= 11 is 0. The third kappa shape index (κ3) is 9.67. The van der Waals surface area contributed by atoms with Crippen LogP contribution >= 0.6 is 0 Å². The molecule has 0 spiro atoms. The number of hydrogen-bond acceptors (Lipinski definition) is 7. The minimum Gasteiger partial charge on any atom is -0.378 e. The van der Waals surface area contributed by atoms with Crippen LogP contribution in [0.3, 0.4) is 0 Å². The number of halogens is 2. The van der Waals surface area contributed by atoms with Crippen LogP contribution in [0.1, 0.15) is 58.0 Å². The number of benzene rings is 2. The maximum atomic E-state index is 15.0. The number of rotatable bonds is 16. The van der Waals surface area contributed by atoms with E-state index in [1.807, 2.05) is 55.7 Å². The number of nitrogens with two attached hydrogens (primary N) is 1. The number of carbonyl (C=O) groups excluding carboxylic acids is 4. The van der Waals surface area contributed by atoms with Gasteiger partial charge in [0.25, 0.3) is 11.8 Å². The number of ether oxygens (including phenoxy) is 1. The van der Waals surface area contributed by atoms with Gasteiger partial charge in [0.15, 0.2) is 0 Å². The lowest BCUT2D eigenvalue weighted by Gasteiger charge is -2.40. The summed E-state index contributed by atoms with van der Waals surface area (Å²) in [6.07, 6.45) is 4.40. The number of nitrogens with one attached hydrogen (secondary N) is 1. The number of aromatic nitrogens is 2. The molecule has 49 heavy (non-hydrogen) atoms. The van der Waals surface area contributed by atoms with Crippen LogP contribution in [0.4, 0.5) is 8.78 Å². The molecule has 4 amide bonds. The van der Waals surface area contributed by atoms with Gasteiger partial charge in [-0.25, -0.2) is 13.8 Å². The van der Waals surface area contributed by atoms with Crippen LogP contribution in [0.15, 0.2) is 66.9 Å². The Balaban J connectivity index is 1.50. The van der Waals surface area contributed by atoms with Crippen LogP contribution in [0.5, 0.6) is 0 Å². The second-order valence-corrected chi connectivity index (χ2v) is 12.9. The molecule has 0 saturated heterocycles. The van der Waals surface area contributed by atoms with Crippen LogP contribution in [0, 0.1) is 17.0 Å². The van der Waals surface area contributed by atoms with E-state index in [9.17, 15) is 28.0 Å². The van der Waals surface area contributed by atoms with Crippen molar-refractivity contribution in [2.75, 3.05) is 32.8 Å². The lowest BCUT2D eigenvalue weighted by Crippen LogP contribution is -2.47. The standard InChI is InChI=1S/C36H44F2N6O5/c1-5-30(45)44(17-15-28(39)35(48)40-16-19-49-20-18-43-31(46)13-14-32(43)47)33(36(2,3)4)34-41-29(26-21-25(37)11-12-27(26)38)23-42(34)22-24-9-7-6-8-10-24/h6-14,21,23,28,33H,5,15-20,22,39H2,1-4H3,(H,40,48). The number of amides is 4. The van der Waals surface area contributed by atoms with Gasteiger partial charge >= 0.3 is 0 Å². The zero-order chi connectivity index (χ0) is 35.7. The monoisotopic (exact) mass is 678 g/mol. The van der Waals surface area contributed by atoms with Crippen molar-refractivity contribution in [3.8, 4) is 11.3 Å². The number of hydrogen-bond donors (Lipinski definition) is 2. The van der Waals surface area contributed by atoms with Gasteiger partial charge in [-0.05, 0) is 35.6 Å². The Morgan fingerprint density at radius 2 is 1.73 bits per heavy atom. The van der Waals surface area contributed by atoms with Crippen molar-refractivity contribution in [2.24, 2.45) is 11.1 Å². The fraction of sp³-hybridized carbons (Fsp3) is 0.417. The Morgan fingerprint density at radius 1 is 1.04 bits per heavy atom. The molecular formula is C36H44F2N6O5. The number of carbonyl (C=O) groups is 4. The molecule has 3 aromatic rings. The largest absolute Gasteiger partial charge is 0.378 e. The quantitative estimate of drug-likeness (QED) is 0.173. The third-order valence-corrected chi connectivity index (χ3v) is 8.13. The van der Waals surface area contributed by atoms with Gasteiger partial charge in [-0.2, -0.15) is 0 Å². The van der Waals surface area contributed by atoms with Crippen LogP contribution in [0.25, 0.3) is 11.3 Å². The molecule has 262 valence electrons. The summed E-state index contributed by atoms with van der Waals surface area (Å²) in [6, 6.07) is 11.2. The molecule has 0 fully saturated rings. The van der Waals surface area contributed by atoms with Crippen molar-refractivity contribution < 1.29 is 32.7 Å². The van der Waals surface area contributed by atoms with Gasteiger partial charge in [0.1, 0.15) is 17.5 Å². The van der Waals surface area contributed by atoms with Gasteiger partial charge in [0, 0.05) is 50.0 Å². The van der Waals surface area contributed by atoms with Gasteiger partial charge in [-0.15, -0.1) is 0 Å². The maximum absolute atomic E-state index is 15.0. The predicted octanol–water partition coefficient (Wildman–Crippen LogP) is 3.98. The van der Waals surface area contributed by atoms with Crippen LogP contribution in [-0.4, -0.2) is 81.9 Å². The molecule has 1 aromatic heterocycles. The lowest BCUT2D eigenvalue weighted by atomic mass is 9.84. The van der Waals surface area contributed by atoms with Crippen molar-refractivity contribution >= 4 is 23.6 Å². The Bertz CT molecular complexity index is 1650. The summed E-state index contributed by atoms with van der Waals surface area (Å²) in [5.41, 5.74) is 6.89. The van der Waals surface area contributed by atoms with Crippen molar-refractivity contribution in [3.05, 3.63) is 89.9 Å². The molecule has 2 atom stereocenters. The molecular weight excluding hydrogens is 634 g/mol. The number of imidazole rings is 1. The molecule has 0 aliphatic carbocycles. The Labute approximate surface area is 285 Å².